The van der Waals surface area contributed by atoms with Crippen LogP contribution in [0.4, 0.5) is 0 Å². The van der Waals surface area contributed by atoms with Crippen LogP contribution in [0.2, 0.25) is 0 Å². The van der Waals surface area contributed by atoms with Gasteiger partial charge in [0.2, 0.25) is 0 Å². The maximum absolute atomic E-state index is 11.5. The molecule has 172 valence electrons. The fourth-order valence-electron chi connectivity index (χ4n) is 8.13. The first-order valence-electron chi connectivity index (χ1n) is 12.1. The SMILES string of the molecule is O=C(O)c1ccc(C23CC4CC(c5ccccc5)(C2)CC(c2ccc(C(=O)O)cc2)(C4)C3)cc1. The first kappa shape index (κ1) is 21.2. The number of rotatable bonds is 5. The van der Waals surface area contributed by atoms with Gasteiger partial charge in [-0.1, -0.05) is 54.6 Å². The fourth-order valence-corrected chi connectivity index (χ4v) is 8.13. The summed E-state index contributed by atoms with van der Waals surface area (Å²) in [6.07, 6.45) is 6.60. The van der Waals surface area contributed by atoms with Crippen molar-refractivity contribution in [2.45, 2.75) is 54.8 Å². The molecule has 4 heteroatoms. The molecule has 4 fully saturated rings. The summed E-state index contributed by atoms with van der Waals surface area (Å²) in [6.45, 7) is 0. The lowest BCUT2D eigenvalue weighted by Crippen LogP contribution is -2.61. The molecular weight excluding hydrogens is 424 g/mol. The Kier molecular flexibility index (Phi) is 4.54. The zero-order chi connectivity index (χ0) is 23.6. The lowest BCUT2D eigenvalue weighted by atomic mass is 9.36. The molecule has 0 saturated heterocycles. The number of hydrogen-bond acceptors (Lipinski definition) is 2. The standard InChI is InChI=1S/C30H28O4/c31-26(32)21-6-10-24(11-7-21)29-15-20-14-28(17-29,23-4-2-1-3-5-23)18-30(16-20,19-29)25-12-8-22(9-13-25)27(33)34/h1-13,20H,14-19H2,(H,31,32)(H,33,34). The third-order valence-electron chi connectivity index (χ3n) is 8.94. The van der Waals surface area contributed by atoms with Gasteiger partial charge < -0.3 is 10.2 Å². The smallest absolute Gasteiger partial charge is 0.335 e. The maximum atomic E-state index is 11.5. The number of carboxylic acid groups (broad SMARTS) is 2. The highest BCUT2D eigenvalue weighted by molar-refractivity contribution is 5.88. The molecule has 2 atom stereocenters. The Balaban J connectivity index is 1.50. The molecule has 0 heterocycles. The van der Waals surface area contributed by atoms with Gasteiger partial charge in [0.15, 0.2) is 0 Å². The van der Waals surface area contributed by atoms with E-state index in [0.29, 0.717) is 17.0 Å². The second kappa shape index (κ2) is 7.30. The van der Waals surface area contributed by atoms with Crippen LogP contribution in [0, 0.1) is 5.92 Å². The van der Waals surface area contributed by atoms with E-state index in [4.69, 9.17) is 0 Å². The van der Waals surface area contributed by atoms with Gasteiger partial charge in [0, 0.05) is 0 Å². The second-order valence-electron chi connectivity index (χ2n) is 11.0. The van der Waals surface area contributed by atoms with Crippen LogP contribution in [0.1, 0.15) is 75.9 Å². The average molecular weight is 453 g/mol. The Labute approximate surface area is 199 Å². The first-order chi connectivity index (χ1) is 16.3. The fraction of sp³-hybridized carbons (Fsp3) is 0.333. The zero-order valence-corrected chi connectivity index (χ0v) is 19.0. The number of hydrogen-bond donors (Lipinski definition) is 2. The third-order valence-corrected chi connectivity index (χ3v) is 8.94. The van der Waals surface area contributed by atoms with Gasteiger partial charge in [-0.25, -0.2) is 9.59 Å². The van der Waals surface area contributed by atoms with Gasteiger partial charge in [0.25, 0.3) is 0 Å². The zero-order valence-electron chi connectivity index (χ0n) is 19.0. The molecule has 4 saturated carbocycles. The minimum absolute atomic E-state index is 0.0161. The van der Waals surface area contributed by atoms with Crippen molar-refractivity contribution in [1.29, 1.82) is 0 Å². The van der Waals surface area contributed by atoms with Gasteiger partial charge in [-0.2, -0.15) is 0 Å². The summed E-state index contributed by atoms with van der Waals surface area (Å²) in [4.78, 5) is 22.9. The van der Waals surface area contributed by atoms with Gasteiger partial charge in [-0.3, -0.25) is 0 Å². The highest BCUT2D eigenvalue weighted by Crippen LogP contribution is 2.70. The topological polar surface area (TPSA) is 74.6 Å². The van der Waals surface area contributed by atoms with Crippen molar-refractivity contribution in [3.8, 4) is 0 Å². The molecule has 4 aliphatic carbocycles. The molecule has 4 aliphatic rings. The lowest BCUT2D eigenvalue weighted by molar-refractivity contribution is -0.0493. The van der Waals surface area contributed by atoms with Crippen molar-refractivity contribution in [3.63, 3.8) is 0 Å². The summed E-state index contributed by atoms with van der Waals surface area (Å²) in [6, 6.07) is 26.0. The van der Waals surface area contributed by atoms with Crippen molar-refractivity contribution < 1.29 is 19.8 Å². The van der Waals surface area contributed by atoms with E-state index >= 15 is 0 Å². The highest BCUT2D eigenvalue weighted by atomic mass is 16.4. The van der Waals surface area contributed by atoms with Crippen molar-refractivity contribution in [2.24, 2.45) is 5.92 Å². The van der Waals surface area contributed by atoms with Gasteiger partial charge in [-0.15, -0.1) is 0 Å². The average Bonchev–Trinajstić information content (AvgIpc) is 2.84. The van der Waals surface area contributed by atoms with E-state index < -0.39 is 11.9 Å². The first-order valence-corrected chi connectivity index (χ1v) is 12.1. The third kappa shape index (κ3) is 3.12. The van der Waals surface area contributed by atoms with Gasteiger partial charge in [-0.05, 0) is 102 Å². The molecule has 4 bridgehead atoms. The molecule has 0 aromatic heterocycles. The molecule has 2 unspecified atom stereocenters. The second-order valence-corrected chi connectivity index (χ2v) is 11.0. The highest BCUT2D eigenvalue weighted by Gasteiger charge is 2.64. The van der Waals surface area contributed by atoms with E-state index in [1.165, 1.54) is 23.1 Å². The number of aromatic carboxylic acids is 2. The summed E-state index contributed by atoms with van der Waals surface area (Å²) in [5.41, 5.74) is 4.57. The summed E-state index contributed by atoms with van der Waals surface area (Å²) >= 11 is 0. The number of carboxylic acids is 2. The molecular formula is C30H28O4. The van der Waals surface area contributed by atoms with Gasteiger partial charge in [0.1, 0.15) is 0 Å². The molecule has 2 N–H and O–H groups in total. The van der Waals surface area contributed by atoms with Crippen LogP contribution < -0.4 is 0 Å². The summed E-state index contributed by atoms with van der Waals surface area (Å²) in [7, 11) is 0. The van der Waals surface area contributed by atoms with E-state index in [9.17, 15) is 19.8 Å². The van der Waals surface area contributed by atoms with Crippen LogP contribution in [-0.4, -0.2) is 22.2 Å². The van der Waals surface area contributed by atoms with E-state index in [1.54, 1.807) is 24.3 Å². The minimum atomic E-state index is -0.896. The van der Waals surface area contributed by atoms with Crippen LogP contribution >= 0.6 is 0 Å². The minimum Gasteiger partial charge on any atom is -0.478 e. The van der Waals surface area contributed by atoms with Crippen LogP contribution in [-0.2, 0) is 16.2 Å². The van der Waals surface area contributed by atoms with E-state index in [0.717, 1.165) is 32.1 Å². The Morgan fingerprint density at radius 3 is 1.26 bits per heavy atom. The van der Waals surface area contributed by atoms with Gasteiger partial charge >= 0.3 is 11.9 Å². The number of carbonyl (C=O) groups is 2. The molecule has 34 heavy (non-hydrogen) atoms. The van der Waals surface area contributed by atoms with E-state index in [-0.39, 0.29) is 16.2 Å². The van der Waals surface area contributed by atoms with Crippen LogP contribution in [0.25, 0.3) is 0 Å². The molecule has 0 aliphatic heterocycles. The van der Waals surface area contributed by atoms with Crippen molar-refractivity contribution >= 4 is 11.9 Å². The van der Waals surface area contributed by atoms with Gasteiger partial charge in [0.05, 0.1) is 11.1 Å². The molecule has 7 rings (SSSR count). The van der Waals surface area contributed by atoms with Crippen molar-refractivity contribution in [3.05, 3.63) is 107 Å². The van der Waals surface area contributed by atoms with Crippen molar-refractivity contribution in [2.75, 3.05) is 0 Å². The Hall–Kier alpha value is -3.40. The maximum Gasteiger partial charge on any atom is 0.335 e. The molecule has 0 spiro atoms. The summed E-state index contributed by atoms with van der Waals surface area (Å²) in [5.74, 6) is -1.21. The Morgan fingerprint density at radius 1 is 0.559 bits per heavy atom. The summed E-state index contributed by atoms with van der Waals surface area (Å²) in [5, 5.41) is 18.8. The Bertz CT molecular complexity index is 1190. The van der Waals surface area contributed by atoms with Crippen LogP contribution in [0.3, 0.4) is 0 Å². The lowest BCUT2D eigenvalue weighted by Gasteiger charge is -2.67. The molecule has 0 amide bonds. The van der Waals surface area contributed by atoms with E-state index in [1.807, 2.05) is 24.3 Å². The summed E-state index contributed by atoms with van der Waals surface area (Å²) < 4.78 is 0. The van der Waals surface area contributed by atoms with Crippen LogP contribution in [0.15, 0.2) is 78.9 Å². The molecule has 4 nitrogen and oxygen atoms in total. The quantitative estimate of drug-likeness (QED) is 0.484. The monoisotopic (exact) mass is 452 g/mol. The number of benzene rings is 3. The molecule has 3 aromatic rings. The van der Waals surface area contributed by atoms with Crippen molar-refractivity contribution in [1.82, 2.24) is 0 Å². The normalized spacial score (nSPS) is 31.4. The molecule has 0 radical (unpaired) electrons. The largest absolute Gasteiger partial charge is 0.478 e. The van der Waals surface area contributed by atoms with E-state index in [2.05, 4.69) is 30.3 Å². The van der Waals surface area contributed by atoms with Crippen LogP contribution in [0.5, 0.6) is 0 Å². The Morgan fingerprint density at radius 2 is 0.912 bits per heavy atom. The predicted octanol–water partition coefficient (Wildman–Crippen LogP) is 6.19. The molecule has 3 aromatic carbocycles. The predicted molar refractivity (Wildman–Crippen MR) is 129 cm³/mol.